The van der Waals surface area contributed by atoms with Gasteiger partial charge < -0.3 is 4.74 Å². The van der Waals surface area contributed by atoms with Gasteiger partial charge in [-0.05, 0) is 19.9 Å². The second-order valence-electron chi connectivity index (χ2n) is 3.62. The first-order valence-corrected chi connectivity index (χ1v) is 5.86. The van der Waals surface area contributed by atoms with Crippen molar-refractivity contribution >= 4 is 29.6 Å². The molecule has 1 aromatic carbocycles. The molecular weight excluding hydrogens is 256 g/mol. The highest BCUT2D eigenvalue weighted by Gasteiger charge is 2.24. The lowest BCUT2D eigenvalue weighted by Crippen LogP contribution is -2.14. The van der Waals surface area contributed by atoms with Crippen LogP contribution in [0.15, 0.2) is 18.2 Å². The van der Waals surface area contributed by atoms with Crippen LogP contribution in [0.4, 0.5) is 0 Å². The summed E-state index contributed by atoms with van der Waals surface area (Å²) in [6.45, 7) is 3.18. The highest BCUT2D eigenvalue weighted by atomic mass is 35.5. The molecule has 0 fully saturated rings. The summed E-state index contributed by atoms with van der Waals surface area (Å²) >= 11 is 5.96. The monoisotopic (exact) mass is 268 g/mol. The van der Waals surface area contributed by atoms with Crippen molar-refractivity contribution in [1.29, 1.82) is 0 Å². The van der Waals surface area contributed by atoms with Crippen LogP contribution in [-0.2, 0) is 9.53 Å². The number of Topliss-reactive ketones (excluding diaryl/α,β-unsaturated/α-hetero) is 1. The van der Waals surface area contributed by atoms with Crippen molar-refractivity contribution in [2.75, 3.05) is 6.61 Å². The summed E-state index contributed by atoms with van der Waals surface area (Å²) < 4.78 is 4.87. The average molecular weight is 269 g/mol. The molecule has 0 heterocycles. The Labute approximate surface area is 110 Å². The van der Waals surface area contributed by atoms with Crippen LogP contribution in [0.2, 0.25) is 0 Å². The summed E-state index contributed by atoms with van der Waals surface area (Å²) in [5.41, 5.74) is 0.576. The molecule has 18 heavy (non-hydrogen) atoms. The molecule has 1 atom stereocenters. The smallest absolute Gasteiger partial charge is 0.338 e. The van der Waals surface area contributed by atoms with Crippen molar-refractivity contribution in [3.63, 3.8) is 0 Å². The van der Waals surface area contributed by atoms with Crippen molar-refractivity contribution in [3.05, 3.63) is 34.9 Å². The lowest BCUT2D eigenvalue weighted by atomic mass is 9.97. The molecule has 0 bridgehead atoms. The number of halogens is 1. The molecule has 1 aromatic rings. The van der Waals surface area contributed by atoms with Gasteiger partial charge in [0.05, 0.1) is 12.2 Å². The lowest BCUT2D eigenvalue weighted by Gasteiger charge is -2.13. The minimum absolute atomic E-state index is 0.150. The maximum absolute atomic E-state index is 11.8. The van der Waals surface area contributed by atoms with Gasteiger partial charge in [-0.15, -0.1) is 11.6 Å². The van der Waals surface area contributed by atoms with Crippen LogP contribution in [0.3, 0.4) is 0 Å². The van der Waals surface area contributed by atoms with Crippen molar-refractivity contribution in [2.45, 2.75) is 19.2 Å². The number of rotatable bonds is 5. The average Bonchev–Trinajstić information content (AvgIpc) is 2.37. The molecular formula is C13H13ClO4. The fraction of sp³-hybridized carbons (Fsp3) is 0.308. The predicted molar refractivity (Wildman–Crippen MR) is 67.1 cm³/mol. The number of aldehydes is 1. The Morgan fingerprint density at radius 2 is 2.11 bits per heavy atom. The Balaban J connectivity index is 3.37. The van der Waals surface area contributed by atoms with E-state index in [1.807, 2.05) is 0 Å². The van der Waals surface area contributed by atoms with Crippen LogP contribution in [0.25, 0.3) is 0 Å². The largest absolute Gasteiger partial charge is 0.462 e. The maximum Gasteiger partial charge on any atom is 0.338 e. The van der Waals surface area contributed by atoms with E-state index in [1.54, 1.807) is 13.0 Å². The molecule has 0 radical (unpaired) electrons. The van der Waals surface area contributed by atoms with E-state index in [1.165, 1.54) is 19.1 Å². The highest BCUT2D eigenvalue weighted by Crippen LogP contribution is 2.28. The van der Waals surface area contributed by atoms with Gasteiger partial charge in [-0.2, -0.15) is 0 Å². The van der Waals surface area contributed by atoms with E-state index in [0.717, 1.165) is 0 Å². The summed E-state index contributed by atoms with van der Waals surface area (Å²) in [7, 11) is 0. The molecule has 0 aliphatic rings. The molecule has 0 saturated carbocycles. The lowest BCUT2D eigenvalue weighted by molar-refractivity contribution is -0.116. The predicted octanol–water partition coefficient (Wildman–Crippen LogP) is 2.54. The Morgan fingerprint density at radius 1 is 1.44 bits per heavy atom. The van der Waals surface area contributed by atoms with Gasteiger partial charge >= 0.3 is 5.97 Å². The number of hydrogen-bond donors (Lipinski definition) is 0. The third-order valence-electron chi connectivity index (χ3n) is 2.37. The van der Waals surface area contributed by atoms with Crippen LogP contribution >= 0.6 is 11.6 Å². The normalized spacial score (nSPS) is 11.7. The SMILES string of the molecule is CCOC(=O)c1cccc(C=O)c1C(Cl)C(C)=O. The van der Waals surface area contributed by atoms with E-state index in [2.05, 4.69) is 0 Å². The number of benzene rings is 1. The fourth-order valence-corrected chi connectivity index (χ4v) is 1.80. The fourth-order valence-electron chi connectivity index (χ4n) is 1.56. The van der Waals surface area contributed by atoms with E-state index in [9.17, 15) is 14.4 Å². The van der Waals surface area contributed by atoms with Gasteiger partial charge in [0.2, 0.25) is 0 Å². The third-order valence-corrected chi connectivity index (χ3v) is 2.90. The summed E-state index contributed by atoms with van der Waals surface area (Å²) in [4.78, 5) is 34.1. The Kier molecular flexibility index (Phi) is 5.04. The topological polar surface area (TPSA) is 60.4 Å². The van der Waals surface area contributed by atoms with Crippen LogP contribution in [0.5, 0.6) is 0 Å². The number of hydrogen-bond acceptors (Lipinski definition) is 4. The molecule has 0 N–H and O–H groups in total. The number of ketones is 1. The Hall–Kier alpha value is -1.68. The third kappa shape index (κ3) is 2.96. The molecule has 96 valence electrons. The molecule has 1 rings (SSSR count). The van der Waals surface area contributed by atoms with Crippen molar-refractivity contribution in [2.24, 2.45) is 0 Å². The van der Waals surface area contributed by atoms with E-state index in [4.69, 9.17) is 16.3 Å². The molecule has 0 amide bonds. The minimum atomic E-state index is -1.04. The van der Waals surface area contributed by atoms with Crippen molar-refractivity contribution in [3.8, 4) is 0 Å². The number of ether oxygens (including phenoxy) is 1. The summed E-state index contributed by atoms with van der Waals surface area (Å²) in [6.07, 6.45) is 0.566. The molecule has 0 spiro atoms. The first-order valence-electron chi connectivity index (χ1n) is 5.42. The zero-order valence-corrected chi connectivity index (χ0v) is 10.9. The summed E-state index contributed by atoms with van der Waals surface area (Å²) in [6, 6.07) is 4.53. The van der Waals surface area contributed by atoms with Gasteiger partial charge in [0.15, 0.2) is 5.78 Å². The molecule has 5 heteroatoms. The number of alkyl halides is 1. The standard InChI is InChI=1S/C13H13ClO4/c1-3-18-13(17)10-6-4-5-9(7-15)11(10)12(14)8(2)16/h4-7,12H,3H2,1-2H3. The quantitative estimate of drug-likeness (QED) is 0.468. The molecule has 0 aliphatic carbocycles. The van der Waals surface area contributed by atoms with Gasteiger partial charge in [-0.25, -0.2) is 4.79 Å². The van der Waals surface area contributed by atoms with Gasteiger partial charge in [-0.3, -0.25) is 9.59 Å². The number of esters is 1. The highest BCUT2D eigenvalue weighted by molar-refractivity contribution is 6.31. The van der Waals surface area contributed by atoms with Crippen molar-refractivity contribution in [1.82, 2.24) is 0 Å². The van der Waals surface area contributed by atoms with Crippen LogP contribution in [0.1, 0.15) is 45.5 Å². The second kappa shape index (κ2) is 6.31. The van der Waals surface area contributed by atoms with Crippen LogP contribution in [-0.4, -0.2) is 24.6 Å². The summed E-state index contributed by atoms with van der Waals surface area (Å²) in [5, 5.41) is -1.04. The minimum Gasteiger partial charge on any atom is -0.462 e. The number of carbonyl (C=O) groups is 3. The van der Waals surface area contributed by atoms with Gasteiger partial charge in [-0.1, -0.05) is 12.1 Å². The maximum atomic E-state index is 11.8. The molecule has 4 nitrogen and oxygen atoms in total. The van der Waals surface area contributed by atoms with E-state index in [0.29, 0.717) is 6.29 Å². The number of carbonyl (C=O) groups excluding carboxylic acids is 3. The van der Waals surface area contributed by atoms with Crippen LogP contribution < -0.4 is 0 Å². The van der Waals surface area contributed by atoms with Gasteiger partial charge in [0.25, 0.3) is 0 Å². The molecule has 0 saturated heterocycles. The van der Waals surface area contributed by atoms with Crippen molar-refractivity contribution < 1.29 is 19.1 Å². The molecule has 0 aromatic heterocycles. The van der Waals surface area contributed by atoms with Gasteiger partial charge in [0.1, 0.15) is 11.7 Å². The van der Waals surface area contributed by atoms with E-state index >= 15 is 0 Å². The van der Waals surface area contributed by atoms with E-state index in [-0.39, 0.29) is 29.1 Å². The first-order chi connectivity index (χ1) is 8.52. The zero-order valence-electron chi connectivity index (χ0n) is 10.1. The Bertz CT molecular complexity index is 482. The first kappa shape index (κ1) is 14.4. The van der Waals surface area contributed by atoms with Crippen LogP contribution in [0, 0.1) is 0 Å². The second-order valence-corrected chi connectivity index (χ2v) is 4.06. The molecule has 0 aliphatic heterocycles. The Morgan fingerprint density at radius 3 is 2.61 bits per heavy atom. The zero-order chi connectivity index (χ0) is 13.7. The van der Waals surface area contributed by atoms with E-state index < -0.39 is 11.3 Å². The molecule has 1 unspecified atom stereocenters. The van der Waals surface area contributed by atoms with Gasteiger partial charge in [0, 0.05) is 11.1 Å². The summed E-state index contributed by atoms with van der Waals surface area (Å²) in [5.74, 6) is -0.931.